The predicted octanol–water partition coefficient (Wildman–Crippen LogP) is 7.27. The highest BCUT2D eigenvalue weighted by molar-refractivity contribution is 6.30. The zero-order valence-electron chi connectivity index (χ0n) is 23.2. The maximum absolute atomic E-state index is 12.0. The van der Waals surface area contributed by atoms with Gasteiger partial charge >= 0.3 is 5.97 Å². The summed E-state index contributed by atoms with van der Waals surface area (Å²) in [6.45, 7) is 8.98. The number of aromatic amines is 1. The lowest BCUT2D eigenvalue weighted by Gasteiger charge is -2.38. The van der Waals surface area contributed by atoms with E-state index in [-0.39, 0.29) is 11.0 Å². The number of allylic oxidation sites excluding steroid dienone is 3. The average Bonchev–Trinajstić information content (AvgIpc) is 3.42. The standard InChI is InChI=1S/C33H33ClN4O3/c1-33(2)11-9-28(22-3-5-25(34)6-4-22)24(19-33)21-37-13-15-38(16-14-37)26-7-8-29(32(39)40)30(18-26)41-27-17-23-10-12-35-31(23)36-20-27/h3-12,17-18,20H,13-16,19,21H2,1-2H3,(H,35,36)(H,39,40). The Kier molecular flexibility index (Phi) is 7.32. The quantitative estimate of drug-likeness (QED) is 0.244. The number of rotatable bonds is 7. The second-order valence-electron chi connectivity index (χ2n) is 11.5. The normalized spacial score (nSPS) is 17.3. The van der Waals surface area contributed by atoms with E-state index in [2.05, 4.69) is 57.9 Å². The number of anilines is 1. The summed E-state index contributed by atoms with van der Waals surface area (Å²) in [7, 11) is 0. The van der Waals surface area contributed by atoms with Crippen LogP contribution in [0.15, 0.2) is 84.7 Å². The van der Waals surface area contributed by atoms with Crippen molar-refractivity contribution < 1.29 is 14.6 Å². The molecular weight excluding hydrogens is 536 g/mol. The number of carbonyl (C=O) groups is 1. The Balaban J connectivity index is 1.17. The molecule has 1 aliphatic carbocycles. The Labute approximate surface area is 244 Å². The summed E-state index contributed by atoms with van der Waals surface area (Å²) in [4.78, 5) is 24.2. The van der Waals surface area contributed by atoms with Gasteiger partial charge in [0, 0.05) is 61.1 Å². The lowest BCUT2D eigenvalue weighted by Crippen LogP contribution is -2.47. The second-order valence-corrected chi connectivity index (χ2v) is 11.9. The van der Waals surface area contributed by atoms with Crippen LogP contribution in [0, 0.1) is 5.41 Å². The van der Waals surface area contributed by atoms with Crippen LogP contribution in [0.5, 0.6) is 11.5 Å². The highest BCUT2D eigenvalue weighted by Crippen LogP contribution is 2.38. The van der Waals surface area contributed by atoms with E-state index in [0.717, 1.165) is 60.9 Å². The summed E-state index contributed by atoms with van der Waals surface area (Å²) >= 11 is 6.16. The van der Waals surface area contributed by atoms with Crippen LogP contribution in [0.3, 0.4) is 0 Å². The molecule has 3 heterocycles. The molecule has 4 aromatic rings. The molecule has 0 bridgehead atoms. The van der Waals surface area contributed by atoms with Crippen molar-refractivity contribution in [2.24, 2.45) is 5.41 Å². The third kappa shape index (κ3) is 6.01. The number of nitrogens with one attached hydrogen (secondary N) is 1. The number of aromatic nitrogens is 2. The molecular formula is C33H33ClN4O3. The van der Waals surface area contributed by atoms with Gasteiger partial charge in [0.25, 0.3) is 0 Å². The summed E-state index contributed by atoms with van der Waals surface area (Å²) in [6, 6.07) is 17.2. The topological polar surface area (TPSA) is 81.7 Å². The highest BCUT2D eigenvalue weighted by atomic mass is 35.5. The van der Waals surface area contributed by atoms with Crippen molar-refractivity contribution in [2.45, 2.75) is 20.3 Å². The van der Waals surface area contributed by atoms with Gasteiger partial charge in [-0.15, -0.1) is 0 Å². The lowest BCUT2D eigenvalue weighted by atomic mass is 9.78. The Morgan fingerprint density at radius 3 is 2.61 bits per heavy atom. The van der Waals surface area contributed by atoms with Crippen LogP contribution in [0.2, 0.25) is 5.02 Å². The molecule has 2 aliphatic rings. The van der Waals surface area contributed by atoms with Crippen molar-refractivity contribution in [3.63, 3.8) is 0 Å². The van der Waals surface area contributed by atoms with Gasteiger partial charge in [0.15, 0.2) is 0 Å². The van der Waals surface area contributed by atoms with E-state index in [1.165, 1.54) is 16.7 Å². The monoisotopic (exact) mass is 568 g/mol. The van der Waals surface area contributed by atoms with Crippen LogP contribution >= 0.6 is 11.6 Å². The molecule has 1 fully saturated rings. The first-order valence-electron chi connectivity index (χ1n) is 13.9. The van der Waals surface area contributed by atoms with E-state index in [0.29, 0.717) is 11.5 Å². The fraction of sp³-hybridized carbons (Fsp3) is 0.273. The number of hydrogen-bond acceptors (Lipinski definition) is 5. The molecule has 2 aromatic heterocycles. The van der Waals surface area contributed by atoms with Crippen molar-refractivity contribution in [3.8, 4) is 11.5 Å². The number of benzene rings is 2. The van der Waals surface area contributed by atoms with Gasteiger partial charge in [-0.05, 0) is 64.9 Å². The third-order valence-corrected chi connectivity index (χ3v) is 8.11. The number of carboxylic acids is 1. The molecule has 6 rings (SSSR count). The maximum Gasteiger partial charge on any atom is 0.339 e. The molecule has 1 aliphatic heterocycles. The van der Waals surface area contributed by atoms with Crippen molar-refractivity contribution in [1.29, 1.82) is 0 Å². The van der Waals surface area contributed by atoms with Crippen LogP contribution in [0.4, 0.5) is 5.69 Å². The molecule has 0 saturated carbocycles. The number of halogens is 1. The van der Waals surface area contributed by atoms with Crippen molar-refractivity contribution in [3.05, 3.63) is 101 Å². The van der Waals surface area contributed by atoms with Gasteiger partial charge < -0.3 is 19.7 Å². The van der Waals surface area contributed by atoms with Gasteiger partial charge in [-0.25, -0.2) is 9.78 Å². The summed E-state index contributed by atoms with van der Waals surface area (Å²) < 4.78 is 6.07. The molecule has 2 aromatic carbocycles. The van der Waals surface area contributed by atoms with Crippen LogP contribution < -0.4 is 9.64 Å². The number of piperazine rings is 1. The molecule has 1 saturated heterocycles. The Morgan fingerprint density at radius 2 is 1.85 bits per heavy atom. The average molecular weight is 569 g/mol. The molecule has 0 atom stereocenters. The van der Waals surface area contributed by atoms with E-state index >= 15 is 0 Å². The van der Waals surface area contributed by atoms with Gasteiger partial charge in [-0.3, -0.25) is 4.90 Å². The van der Waals surface area contributed by atoms with E-state index in [4.69, 9.17) is 16.3 Å². The van der Waals surface area contributed by atoms with Crippen molar-refractivity contribution >= 4 is 39.9 Å². The molecule has 0 amide bonds. The van der Waals surface area contributed by atoms with E-state index < -0.39 is 5.97 Å². The van der Waals surface area contributed by atoms with Crippen LogP contribution in [-0.4, -0.2) is 58.7 Å². The summed E-state index contributed by atoms with van der Waals surface area (Å²) in [5.74, 6) is -0.222. The second kappa shape index (κ2) is 11.1. The minimum absolute atomic E-state index is 0.121. The van der Waals surface area contributed by atoms with Crippen molar-refractivity contribution in [2.75, 3.05) is 37.6 Å². The molecule has 41 heavy (non-hydrogen) atoms. The third-order valence-electron chi connectivity index (χ3n) is 7.86. The number of ether oxygens (including phenoxy) is 1. The largest absolute Gasteiger partial charge is 0.478 e. The van der Waals surface area contributed by atoms with E-state index in [1.807, 2.05) is 42.6 Å². The molecule has 210 valence electrons. The lowest BCUT2D eigenvalue weighted by molar-refractivity contribution is 0.0694. The SMILES string of the molecule is CC1(C)C=CC(c2ccc(Cl)cc2)=C(CN2CCN(c3ccc(C(=O)O)c(Oc4cnc5[nH]ccc5c4)c3)CC2)C1. The molecule has 7 nitrogen and oxygen atoms in total. The van der Waals surface area contributed by atoms with Gasteiger partial charge in [-0.1, -0.05) is 49.7 Å². The fourth-order valence-corrected chi connectivity index (χ4v) is 5.83. The minimum atomic E-state index is -1.03. The number of nitrogens with zero attached hydrogens (tertiary/aromatic N) is 3. The molecule has 0 unspecified atom stereocenters. The van der Waals surface area contributed by atoms with Crippen LogP contribution in [0.25, 0.3) is 16.6 Å². The number of aromatic carboxylic acids is 1. The first-order valence-corrected chi connectivity index (χ1v) is 14.2. The Morgan fingerprint density at radius 1 is 1.07 bits per heavy atom. The van der Waals surface area contributed by atoms with E-state index in [1.54, 1.807) is 12.3 Å². The summed E-state index contributed by atoms with van der Waals surface area (Å²) in [5, 5.41) is 11.4. The number of H-pyrrole nitrogens is 1. The molecule has 2 N–H and O–H groups in total. The number of fused-ring (bicyclic) bond motifs is 1. The predicted molar refractivity (Wildman–Crippen MR) is 164 cm³/mol. The van der Waals surface area contributed by atoms with Crippen molar-refractivity contribution in [1.82, 2.24) is 14.9 Å². The Bertz CT molecular complexity index is 1650. The van der Waals surface area contributed by atoms with Gasteiger partial charge in [0.2, 0.25) is 0 Å². The first kappa shape index (κ1) is 27.1. The molecule has 0 radical (unpaired) electrons. The highest BCUT2D eigenvalue weighted by Gasteiger charge is 2.26. The summed E-state index contributed by atoms with van der Waals surface area (Å²) in [6.07, 6.45) is 9.01. The maximum atomic E-state index is 12.0. The first-order chi connectivity index (χ1) is 19.7. The minimum Gasteiger partial charge on any atom is -0.478 e. The van der Waals surface area contributed by atoms with E-state index in [9.17, 15) is 9.90 Å². The zero-order chi connectivity index (χ0) is 28.6. The van der Waals surface area contributed by atoms with Gasteiger partial charge in [0.1, 0.15) is 22.7 Å². The Hall–Kier alpha value is -4.07. The fourth-order valence-electron chi connectivity index (χ4n) is 5.71. The van der Waals surface area contributed by atoms with Gasteiger partial charge in [-0.2, -0.15) is 0 Å². The smallest absolute Gasteiger partial charge is 0.339 e. The number of carboxylic acid groups (broad SMARTS) is 1. The number of pyridine rings is 1. The van der Waals surface area contributed by atoms with Gasteiger partial charge in [0.05, 0.1) is 6.20 Å². The summed E-state index contributed by atoms with van der Waals surface area (Å²) in [5.41, 5.74) is 5.89. The van der Waals surface area contributed by atoms with Crippen LogP contribution in [0.1, 0.15) is 36.2 Å². The molecule has 8 heteroatoms. The zero-order valence-corrected chi connectivity index (χ0v) is 24.0. The van der Waals surface area contributed by atoms with Crippen LogP contribution in [-0.2, 0) is 0 Å². The number of hydrogen-bond donors (Lipinski definition) is 2. The molecule has 0 spiro atoms.